The molecule has 0 aliphatic carbocycles. The highest BCUT2D eigenvalue weighted by Crippen LogP contribution is 2.17. The normalized spacial score (nSPS) is 10.8. The van der Waals surface area contributed by atoms with Crippen LogP contribution in [0.1, 0.15) is 29.8 Å². The Hall–Kier alpha value is -1.13. The van der Waals surface area contributed by atoms with Crippen LogP contribution >= 0.6 is 12.4 Å². The SMILES string of the molecule is Cc1cc(F)ccc1C(=O)N(C)CC(C)(C)CN.Cl. The fourth-order valence-electron chi connectivity index (χ4n) is 1.85. The number of halogens is 2. The van der Waals surface area contributed by atoms with Crippen molar-refractivity contribution < 1.29 is 9.18 Å². The van der Waals surface area contributed by atoms with Crippen LogP contribution in [-0.4, -0.2) is 30.9 Å². The molecule has 1 aromatic rings. The summed E-state index contributed by atoms with van der Waals surface area (Å²) in [4.78, 5) is 13.9. The lowest BCUT2D eigenvalue weighted by molar-refractivity contribution is 0.0740. The summed E-state index contributed by atoms with van der Waals surface area (Å²) >= 11 is 0. The standard InChI is InChI=1S/C14H21FN2O.ClH/c1-10-7-11(15)5-6-12(10)13(18)17(4)9-14(2,3)8-16;/h5-7H,8-9,16H2,1-4H3;1H. The topological polar surface area (TPSA) is 46.3 Å². The summed E-state index contributed by atoms with van der Waals surface area (Å²) in [6.45, 7) is 6.83. The quantitative estimate of drug-likeness (QED) is 0.926. The van der Waals surface area contributed by atoms with Gasteiger partial charge in [0, 0.05) is 19.2 Å². The number of hydrogen-bond donors (Lipinski definition) is 1. The first-order chi connectivity index (χ1) is 8.26. The summed E-state index contributed by atoms with van der Waals surface area (Å²) in [6, 6.07) is 4.20. The first-order valence-corrected chi connectivity index (χ1v) is 5.98. The van der Waals surface area contributed by atoms with E-state index in [9.17, 15) is 9.18 Å². The number of hydrogen-bond acceptors (Lipinski definition) is 2. The Balaban J connectivity index is 0.00000324. The van der Waals surface area contributed by atoms with Crippen LogP contribution in [0.25, 0.3) is 0 Å². The van der Waals surface area contributed by atoms with E-state index in [1.807, 2.05) is 13.8 Å². The van der Waals surface area contributed by atoms with E-state index in [-0.39, 0.29) is 29.5 Å². The third kappa shape index (κ3) is 4.80. The molecule has 0 heterocycles. The Kier molecular flexibility index (Phi) is 6.46. The molecule has 0 saturated heterocycles. The van der Waals surface area contributed by atoms with Gasteiger partial charge in [-0.05, 0) is 42.6 Å². The van der Waals surface area contributed by atoms with Gasteiger partial charge in [-0.2, -0.15) is 0 Å². The molecule has 0 saturated carbocycles. The molecule has 19 heavy (non-hydrogen) atoms. The van der Waals surface area contributed by atoms with Crippen LogP contribution in [0.3, 0.4) is 0 Å². The third-order valence-corrected chi connectivity index (χ3v) is 2.98. The highest BCUT2D eigenvalue weighted by Gasteiger charge is 2.22. The summed E-state index contributed by atoms with van der Waals surface area (Å²) in [6.07, 6.45) is 0. The molecule has 108 valence electrons. The van der Waals surface area contributed by atoms with Gasteiger partial charge in [-0.25, -0.2) is 4.39 Å². The maximum absolute atomic E-state index is 13.0. The highest BCUT2D eigenvalue weighted by atomic mass is 35.5. The van der Waals surface area contributed by atoms with Crippen LogP contribution in [0.4, 0.5) is 4.39 Å². The molecule has 1 rings (SSSR count). The lowest BCUT2D eigenvalue weighted by atomic mass is 9.93. The largest absolute Gasteiger partial charge is 0.341 e. The average Bonchev–Trinajstić information content (AvgIpc) is 2.27. The molecule has 1 amide bonds. The van der Waals surface area contributed by atoms with Gasteiger partial charge in [-0.1, -0.05) is 13.8 Å². The first kappa shape index (κ1) is 17.9. The summed E-state index contributed by atoms with van der Waals surface area (Å²) < 4.78 is 13.0. The number of nitrogens with two attached hydrogens (primary N) is 1. The maximum Gasteiger partial charge on any atom is 0.253 e. The zero-order valence-electron chi connectivity index (χ0n) is 11.9. The average molecular weight is 289 g/mol. The van der Waals surface area contributed by atoms with Crippen LogP contribution in [0.15, 0.2) is 18.2 Å². The minimum atomic E-state index is -0.325. The molecule has 0 spiro atoms. The second-order valence-corrected chi connectivity index (χ2v) is 5.49. The molecule has 1 aromatic carbocycles. The van der Waals surface area contributed by atoms with Crippen molar-refractivity contribution in [1.29, 1.82) is 0 Å². The molecule has 0 radical (unpaired) electrons. The van der Waals surface area contributed by atoms with Crippen LogP contribution < -0.4 is 5.73 Å². The number of nitrogens with zero attached hydrogens (tertiary/aromatic N) is 1. The molecule has 3 nitrogen and oxygen atoms in total. The second-order valence-electron chi connectivity index (χ2n) is 5.49. The molecule has 0 aromatic heterocycles. The van der Waals surface area contributed by atoms with E-state index >= 15 is 0 Å². The van der Waals surface area contributed by atoms with E-state index in [0.717, 1.165) is 0 Å². The van der Waals surface area contributed by atoms with Crippen molar-refractivity contribution in [3.8, 4) is 0 Å². The molecule has 5 heteroatoms. The predicted molar refractivity (Wildman–Crippen MR) is 78.2 cm³/mol. The van der Waals surface area contributed by atoms with Crippen molar-refractivity contribution in [2.24, 2.45) is 11.1 Å². The number of carbonyl (C=O) groups is 1. The second kappa shape index (κ2) is 6.87. The molecular formula is C14H22ClFN2O. The Morgan fingerprint density at radius 2 is 2.00 bits per heavy atom. The Labute approximate surface area is 120 Å². The van der Waals surface area contributed by atoms with Crippen molar-refractivity contribution in [3.05, 3.63) is 35.1 Å². The van der Waals surface area contributed by atoms with Gasteiger partial charge in [0.2, 0.25) is 0 Å². The van der Waals surface area contributed by atoms with Crippen molar-refractivity contribution in [2.75, 3.05) is 20.1 Å². The third-order valence-electron chi connectivity index (χ3n) is 2.98. The summed E-state index contributed by atoms with van der Waals surface area (Å²) in [5.74, 6) is -0.428. The van der Waals surface area contributed by atoms with Gasteiger partial charge >= 0.3 is 0 Å². The number of benzene rings is 1. The molecule has 2 N–H and O–H groups in total. The molecule has 0 fully saturated rings. The number of aryl methyl sites for hydroxylation is 1. The lowest BCUT2D eigenvalue weighted by Crippen LogP contribution is -2.40. The molecule has 0 unspecified atom stereocenters. The number of rotatable bonds is 4. The molecule has 0 aliphatic rings. The predicted octanol–water partition coefficient (Wildman–Crippen LogP) is 2.61. The summed E-state index contributed by atoms with van der Waals surface area (Å²) in [5, 5.41) is 0. The van der Waals surface area contributed by atoms with Crippen molar-refractivity contribution in [1.82, 2.24) is 4.90 Å². The Morgan fingerprint density at radius 3 is 2.47 bits per heavy atom. The van der Waals surface area contributed by atoms with E-state index in [4.69, 9.17) is 5.73 Å². The van der Waals surface area contributed by atoms with Crippen LogP contribution in [0.2, 0.25) is 0 Å². The van der Waals surface area contributed by atoms with Crippen molar-refractivity contribution in [2.45, 2.75) is 20.8 Å². The zero-order chi connectivity index (χ0) is 13.9. The van der Waals surface area contributed by atoms with E-state index in [2.05, 4.69) is 0 Å². The Bertz CT molecular complexity index is 449. The zero-order valence-corrected chi connectivity index (χ0v) is 12.7. The van der Waals surface area contributed by atoms with Gasteiger partial charge in [0.25, 0.3) is 5.91 Å². The monoisotopic (exact) mass is 288 g/mol. The molecular weight excluding hydrogens is 267 g/mol. The minimum Gasteiger partial charge on any atom is -0.341 e. The van der Waals surface area contributed by atoms with Crippen LogP contribution in [0, 0.1) is 18.2 Å². The highest BCUT2D eigenvalue weighted by molar-refractivity contribution is 5.95. The summed E-state index contributed by atoms with van der Waals surface area (Å²) in [5.41, 5.74) is 6.71. The van der Waals surface area contributed by atoms with Crippen molar-refractivity contribution in [3.63, 3.8) is 0 Å². The van der Waals surface area contributed by atoms with E-state index in [1.54, 1.807) is 18.9 Å². The molecule has 0 bridgehead atoms. The van der Waals surface area contributed by atoms with E-state index in [0.29, 0.717) is 24.2 Å². The van der Waals surface area contributed by atoms with Gasteiger partial charge < -0.3 is 10.6 Å². The van der Waals surface area contributed by atoms with E-state index < -0.39 is 0 Å². The van der Waals surface area contributed by atoms with Crippen molar-refractivity contribution >= 4 is 18.3 Å². The number of carbonyl (C=O) groups excluding carboxylic acids is 1. The number of amides is 1. The van der Waals surface area contributed by atoms with Gasteiger partial charge in [-0.3, -0.25) is 4.79 Å². The maximum atomic E-state index is 13.0. The van der Waals surface area contributed by atoms with Gasteiger partial charge in [-0.15, -0.1) is 12.4 Å². The van der Waals surface area contributed by atoms with Crippen LogP contribution in [0.5, 0.6) is 0 Å². The smallest absolute Gasteiger partial charge is 0.253 e. The van der Waals surface area contributed by atoms with Gasteiger partial charge in [0.15, 0.2) is 0 Å². The fraction of sp³-hybridized carbons (Fsp3) is 0.500. The molecule has 0 aliphatic heterocycles. The molecule has 0 atom stereocenters. The van der Waals surface area contributed by atoms with E-state index in [1.165, 1.54) is 18.2 Å². The summed E-state index contributed by atoms with van der Waals surface area (Å²) in [7, 11) is 1.74. The lowest BCUT2D eigenvalue weighted by Gasteiger charge is -2.29. The fourth-order valence-corrected chi connectivity index (χ4v) is 1.85. The van der Waals surface area contributed by atoms with Gasteiger partial charge in [0.05, 0.1) is 0 Å². The minimum absolute atomic E-state index is 0. The van der Waals surface area contributed by atoms with Crippen LogP contribution in [-0.2, 0) is 0 Å². The van der Waals surface area contributed by atoms with Gasteiger partial charge in [0.1, 0.15) is 5.82 Å². The Morgan fingerprint density at radius 1 is 1.42 bits per heavy atom. The first-order valence-electron chi connectivity index (χ1n) is 5.98.